The molecule has 2 rings (SSSR count). The molecule has 0 aliphatic carbocycles. The Morgan fingerprint density at radius 1 is 1.60 bits per heavy atom. The summed E-state index contributed by atoms with van der Waals surface area (Å²) < 4.78 is 0. The number of nitrogens with zero attached hydrogens (tertiary/aromatic N) is 1. The summed E-state index contributed by atoms with van der Waals surface area (Å²) in [5.41, 5.74) is 6.20. The minimum atomic E-state index is -0.572. The van der Waals surface area contributed by atoms with E-state index in [1.165, 1.54) is 6.07 Å². The molecule has 1 fully saturated rings. The van der Waals surface area contributed by atoms with Gasteiger partial charge in [0.1, 0.15) is 5.69 Å². The molecule has 0 radical (unpaired) electrons. The van der Waals surface area contributed by atoms with Crippen molar-refractivity contribution in [2.75, 3.05) is 18.8 Å². The summed E-state index contributed by atoms with van der Waals surface area (Å²) >= 11 is 0. The van der Waals surface area contributed by atoms with Gasteiger partial charge in [-0.05, 0) is 37.9 Å². The van der Waals surface area contributed by atoms with E-state index >= 15 is 0 Å². The van der Waals surface area contributed by atoms with Crippen LogP contribution < -0.4 is 16.4 Å². The number of anilines is 1. The third-order valence-electron chi connectivity index (χ3n) is 3.42. The van der Waals surface area contributed by atoms with E-state index in [0.717, 1.165) is 19.4 Å². The molecule has 1 unspecified atom stereocenters. The molecule has 1 atom stereocenters. The minimum Gasteiger partial charge on any atom is -0.393 e. The van der Waals surface area contributed by atoms with E-state index in [9.17, 15) is 14.9 Å². The first kappa shape index (κ1) is 14.3. The van der Waals surface area contributed by atoms with Crippen LogP contribution in [0, 0.1) is 17.0 Å². The maximum Gasteiger partial charge on any atom is 0.293 e. The number of carbonyl (C=O) groups excluding carboxylic acids is 1. The summed E-state index contributed by atoms with van der Waals surface area (Å²) in [6, 6.07) is 3.20. The minimum absolute atomic E-state index is 0.0857. The first-order valence-corrected chi connectivity index (χ1v) is 6.55. The van der Waals surface area contributed by atoms with Gasteiger partial charge in [0.05, 0.1) is 10.5 Å². The van der Waals surface area contributed by atoms with Gasteiger partial charge in [0, 0.05) is 18.7 Å². The van der Waals surface area contributed by atoms with E-state index in [0.29, 0.717) is 12.1 Å². The van der Waals surface area contributed by atoms with Crippen LogP contribution in [0.25, 0.3) is 0 Å². The molecule has 0 saturated carbocycles. The zero-order valence-corrected chi connectivity index (χ0v) is 11.3. The van der Waals surface area contributed by atoms with Crippen molar-refractivity contribution in [2.45, 2.75) is 25.8 Å². The Labute approximate surface area is 116 Å². The summed E-state index contributed by atoms with van der Waals surface area (Å²) in [5, 5.41) is 16.9. The fraction of sp³-hybridized carbons (Fsp3) is 0.462. The molecule has 1 aromatic carbocycles. The van der Waals surface area contributed by atoms with Crippen molar-refractivity contribution in [3.63, 3.8) is 0 Å². The Morgan fingerprint density at radius 3 is 2.95 bits per heavy atom. The molecule has 20 heavy (non-hydrogen) atoms. The molecular formula is C13H18N4O3. The van der Waals surface area contributed by atoms with Crippen LogP contribution >= 0.6 is 0 Å². The number of nitro benzene ring substituents is 1. The molecule has 4 N–H and O–H groups in total. The van der Waals surface area contributed by atoms with E-state index in [4.69, 9.17) is 5.73 Å². The molecule has 1 aromatic rings. The van der Waals surface area contributed by atoms with Crippen molar-refractivity contribution in [1.82, 2.24) is 10.6 Å². The maximum atomic E-state index is 12.1. The summed E-state index contributed by atoms with van der Waals surface area (Å²) in [6.45, 7) is 3.15. The lowest BCUT2D eigenvalue weighted by Crippen LogP contribution is -2.37. The Morgan fingerprint density at radius 2 is 2.35 bits per heavy atom. The van der Waals surface area contributed by atoms with Crippen LogP contribution in [-0.2, 0) is 0 Å². The molecule has 7 heteroatoms. The number of hydrogen-bond donors (Lipinski definition) is 3. The van der Waals surface area contributed by atoms with Crippen molar-refractivity contribution >= 4 is 17.3 Å². The monoisotopic (exact) mass is 278 g/mol. The number of nitro groups is 1. The number of nitrogens with one attached hydrogen (secondary N) is 2. The van der Waals surface area contributed by atoms with Gasteiger partial charge in [0.25, 0.3) is 11.6 Å². The molecular weight excluding hydrogens is 260 g/mol. The van der Waals surface area contributed by atoms with Crippen molar-refractivity contribution in [3.8, 4) is 0 Å². The average molecular weight is 278 g/mol. The highest BCUT2D eigenvalue weighted by molar-refractivity contribution is 6.01. The van der Waals surface area contributed by atoms with Crippen LogP contribution in [-0.4, -0.2) is 30.0 Å². The standard InChI is InChI=1S/C13H18N4O3/c1-8-5-10(12(14)11(6-8)17(19)20)13(18)16-7-9-3-2-4-15-9/h5-6,9,15H,2-4,7,14H2,1H3,(H,16,18). The summed E-state index contributed by atoms with van der Waals surface area (Å²) in [5.74, 6) is -0.372. The van der Waals surface area contributed by atoms with Gasteiger partial charge >= 0.3 is 0 Å². The normalized spacial score (nSPS) is 17.9. The number of carbonyl (C=O) groups is 1. The number of benzene rings is 1. The Balaban J connectivity index is 2.14. The number of hydrogen-bond acceptors (Lipinski definition) is 5. The van der Waals surface area contributed by atoms with Gasteiger partial charge in [0.15, 0.2) is 0 Å². The molecule has 0 bridgehead atoms. The van der Waals surface area contributed by atoms with Crippen LogP contribution in [0.4, 0.5) is 11.4 Å². The molecule has 1 heterocycles. The summed E-state index contributed by atoms with van der Waals surface area (Å²) in [4.78, 5) is 22.4. The zero-order chi connectivity index (χ0) is 14.7. The molecule has 108 valence electrons. The highest BCUT2D eigenvalue weighted by Gasteiger charge is 2.21. The van der Waals surface area contributed by atoms with Gasteiger partial charge in [-0.15, -0.1) is 0 Å². The zero-order valence-electron chi connectivity index (χ0n) is 11.3. The van der Waals surface area contributed by atoms with Gasteiger partial charge in [-0.3, -0.25) is 14.9 Å². The highest BCUT2D eigenvalue weighted by atomic mass is 16.6. The van der Waals surface area contributed by atoms with E-state index < -0.39 is 4.92 Å². The summed E-state index contributed by atoms with van der Waals surface area (Å²) in [7, 11) is 0. The van der Waals surface area contributed by atoms with Crippen molar-refractivity contribution in [2.24, 2.45) is 0 Å². The van der Waals surface area contributed by atoms with E-state index in [2.05, 4.69) is 10.6 Å². The second-order valence-electron chi connectivity index (χ2n) is 5.01. The fourth-order valence-electron chi connectivity index (χ4n) is 2.36. The molecule has 0 aromatic heterocycles. The topological polar surface area (TPSA) is 110 Å². The summed E-state index contributed by atoms with van der Waals surface area (Å²) in [6.07, 6.45) is 2.11. The van der Waals surface area contributed by atoms with Gasteiger partial charge in [-0.2, -0.15) is 0 Å². The molecule has 0 spiro atoms. The molecule has 1 aliphatic heterocycles. The quantitative estimate of drug-likeness (QED) is 0.432. The van der Waals surface area contributed by atoms with Crippen LogP contribution in [0.15, 0.2) is 12.1 Å². The van der Waals surface area contributed by atoms with Crippen molar-refractivity contribution in [3.05, 3.63) is 33.4 Å². The second-order valence-corrected chi connectivity index (χ2v) is 5.01. The van der Waals surface area contributed by atoms with Gasteiger partial charge in [0.2, 0.25) is 0 Å². The van der Waals surface area contributed by atoms with Gasteiger partial charge in [-0.25, -0.2) is 0 Å². The van der Waals surface area contributed by atoms with Crippen molar-refractivity contribution < 1.29 is 9.72 Å². The number of aryl methyl sites for hydroxylation is 1. The smallest absolute Gasteiger partial charge is 0.293 e. The van der Waals surface area contributed by atoms with Crippen molar-refractivity contribution in [1.29, 1.82) is 0 Å². The molecule has 1 aliphatic rings. The Bertz CT molecular complexity index is 539. The average Bonchev–Trinajstić information content (AvgIpc) is 2.91. The number of rotatable bonds is 4. The number of amides is 1. The number of nitrogen functional groups attached to an aromatic ring is 1. The Kier molecular flexibility index (Phi) is 4.19. The second kappa shape index (κ2) is 5.87. The lowest BCUT2D eigenvalue weighted by atomic mass is 10.1. The van der Waals surface area contributed by atoms with Gasteiger partial charge in [-0.1, -0.05) is 0 Å². The lowest BCUT2D eigenvalue weighted by Gasteiger charge is -2.13. The lowest BCUT2D eigenvalue weighted by molar-refractivity contribution is -0.384. The van der Waals surface area contributed by atoms with Crippen LogP contribution in [0.5, 0.6) is 0 Å². The van der Waals surface area contributed by atoms with Gasteiger partial charge < -0.3 is 16.4 Å². The van der Waals surface area contributed by atoms with E-state index in [1.807, 2.05) is 0 Å². The van der Waals surface area contributed by atoms with Crippen LogP contribution in [0.3, 0.4) is 0 Å². The first-order chi connectivity index (χ1) is 9.49. The predicted octanol–water partition coefficient (Wildman–Crippen LogP) is 0.967. The first-order valence-electron chi connectivity index (χ1n) is 6.55. The largest absolute Gasteiger partial charge is 0.393 e. The number of nitrogens with two attached hydrogens (primary N) is 1. The SMILES string of the molecule is Cc1cc(C(=O)NCC2CCCN2)c(N)c([N+](=O)[O-])c1. The van der Waals surface area contributed by atoms with Crippen LogP contribution in [0.2, 0.25) is 0 Å². The third kappa shape index (κ3) is 3.05. The molecule has 1 saturated heterocycles. The Hall–Kier alpha value is -2.15. The molecule has 7 nitrogen and oxygen atoms in total. The molecule has 1 amide bonds. The fourth-order valence-corrected chi connectivity index (χ4v) is 2.36. The predicted molar refractivity (Wildman–Crippen MR) is 75.6 cm³/mol. The third-order valence-corrected chi connectivity index (χ3v) is 3.42. The highest BCUT2D eigenvalue weighted by Crippen LogP contribution is 2.27. The van der Waals surface area contributed by atoms with E-state index in [1.54, 1.807) is 13.0 Å². The van der Waals surface area contributed by atoms with E-state index in [-0.39, 0.29) is 28.9 Å². The maximum absolute atomic E-state index is 12.1. The van der Waals surface area contributed by atoms with Crippen LogP contribution in [0.1, 0.15) is 28.8 Å².